The van der Waals surface area contributed by atoms with Gasteiger partial charge in [-0.1, -0.05) is 19.1 Å². The third kappa shape index (κ3) is 4.11. The molecule has 2 N–H and O–H groups in total. The van der Waals surface area contributed by atoms with Crippen LogP contribution in [0.25, 0.3) is 11.0 Å². The van der Waals surface area contributed by atoms with Crippen molar-refractivity contribution in [2.24, 2.45) is 4.99 Å². The highest BCUT2D eigenvalue weighted by Crippen LogP contribution is 2.34. The van der Waals surface area contributed by atoms with E-state index >= 15 is 0 Å². The number of benzene rings is 2. The van der Waals surface area contributed by atoms with Crippen molar-refractivity contribution in [1.82, 2.24) is 4.98 Å². The van der Waals surface area contributed by atoms with E-state index in [4.69, 9.17) is 13.9 Å². The van der Waals surface area contributed by atoms with Crippen molar-refractivity contribution < 1.29 is 23.8 Å². The molecule has 0 spiro atoms. The molecule has 1 amide bonds. The number of aromatic nitrogens is 1. The van der Waals surface area contributed by atoms with Gasteiger partial charge in [0, 0.05) is 28.9 Å². The average molecular weight is 457 g/mol. The Bertz CT molecular complexity index is 1460. The third-order valence-electron chi connectivity index (χ3n) is 5.67. The molecule has 2 aromatic carbocycles. The third-order valence-corrected chi connectivity index (χ3v) is 5.67. The fraction of sp³-hybridized carbons (Fsp3) is 0.192. The predicted molar refractivity (Wildman–Crippen MR) is 126 cm³/mol. The van der Waals surface area contributed by atoms with Crippen molar-refractivity contribution in [2.75, 3.05) is 12.1 Å². The number of anilines is 1. The molecule has 0 fully saturated rings. The molecule has 0 unspecified atom stereocenters. The molecule has 34 heavy (non-hydrogen) atoms. The van der Waals surface area contributed by atoms with Gasteiger partial charge in [0.05, 0.1) is 18.0 Å². The van der Waals surface area contributed by atoms with Gasteiger partial charge in [-0.25, -0.2) is 4.99 Å². The number of hydrogen-bond acceptors (Lipinski definition) is 7. The molecular weight excluding hydrogens is 434 g/mol. The van der Waals surface area contributed by atoms with E-state index in [0.29, 0.717) is 45.1 Å². The minimum atomic E-state index is -0.410. The van der Waals surface area contributed by atoms with E-state index in [0.717, 1.165) is 6.42 Å². The lowest BCUT2D eigenvalue weighted by Crippen LogP contribution is -2.22. The zero-order valence-corrected chi connectivity index (χ0v) is 18.8. The zero-order valence-electron chi connectivity index (χ0n) is 18.8. The molecule has 0 atom stereocenters. The number of hydrogen-bond donors (Lipinski definition) is 2. The molecule has 172 valence electrons. The summed E-state index contributed by atoms with van der Waals surface area (Å²) in [6, 6.07) is 14.6. The highest BCUT2D eigenvalue weighted by molar-refractivity contribution is 6.05. The first-order chi connectivity index (χ1) is 16.6. The number of aryl methyl sites for hydroxylation is 2. The van der Waals surface area contributed by atoms with Gasteiger partial charge in [0.25, 0.3) is 5.91 Å². The first-order valence-corrected chi connectivity index (χ1v) is 10.9. The molecule has 8 nitrogen and oxygen atoms in total. The van der Waals surface area contributed by atoms with Crippen molar-refractivity contribution >= 4 is 28.3 Å². The Hall–Kier alpha value is -4.17. The van der Waals surface area contributed by atoms with Crippen LogP contribution in [0.2, 0.25) is 0 Å². The first kappa shape index (κ1) is 21.7. The van der Waals surface area contributed by atoms with Crippen LogP contribution in [0.5, 0.6) is 11.5 Å². The highest BCUT2D eigenvalue weighted by Gasteiger charge is 2.18. The lowest BCUT2D eigenvalue weighted by molar-refractivity contribution is 0.102. The number of pyridine rings is 1. The Kier molecular flexibility index (Phi) is 5.73. The normalized spacial score (nSPS) is 12.9. The van der Waals surface area contributed by atoms with E-state index in [-0.39, 0.29) is 24.5 Å². The fourth-order valence-electron chi connectivity index (χ4n) is 3.76. The Balaban J connectivity index is 1.63. The van der Waals surface area contributed by atoms with Crippen molar-refractivity contribution in [3.63, 3.8) is 0 Å². The number of nitrogens with one attached hydrogen (secondary N) is 1. The van der Waals surface area contributed by atoms with Crippen molar-refractivity contribution in [3.05, 3.63) is 82.7 Å². The van der Waals surface area contributed by atoms with Crippen LogP contribution >= 0.6 is 0 Å². The summed E-state index contributed by atoms with van der Waals surface area (Å²) in [5.74, 6) is 0.776. The monoisotopic (exact) mass is 457 g/mol. The number of nitrogens with zero attached hydrogens (tertiary/aromatic N) is 2. The molecular formula is C26H23N3O5. The van der Waals surface area contributed by atoms with Crippen LogP contribution in [-0.4, -0.2) is 22.8 Å². The Morgan fingerprint density at radius 2 is 1.91 bits per heavy atom. The quantitative estimate of drug-likeness (QED) is 0.460. The van der Waals surface area contributed by atoms with Gasteiger partial charge in [0.2, 0.25) is 12.3 Å². The molecule has 0 radical (unpaired) electrons. The summed E-state index contributed by atoms with van der Waals surface area (Å²) in [5.41, 5.74) is 4.41. The molecule has 4 aromatic rings. The van der Waals surface area contributed by atoms with Gasteiger partial charge in [-0.05, 0) is 49.2 Å². The second-order valence-electron chi connectivity index (χ2n) is 7.89. The highest BCUT2D eigenvalue weighted by atomic mass is 16.7. The number of aliphatic hydroxyl groups is 1. The van der Waals surface area contributed by atoms with E-state index in [1.54, 1.807) is 37.4 Å². The topological polar surface area (TPSA) is 106 Å². The van der Waals surface area contributed by atoms with Gasteiger partial charge in [0.15, 0.2) is 17.1 Å². The summed E-state index contributed by atoms with van der Waals surface area (Å²) in [7, 11) is 0. The second kappa shape index (κ2) is 8.99. The van der Waals surface area contributed by atoms with E-state index in [2.05, 4.69) is 22.2 Å². The van der Waals surface area contributed by atoms with Gasteiger partial charge in [-0.15, -0.1) is 0 Å². The number of rotatable bonds is 5. The average Bonchev–Trinajstić information content (AvgIpc) is 3.32. The van der Waals surface area contributed by atoms with Crippen LogP contribution in [0, 0.1) is 6.92 Å². The van der Waals surface area contributed by atoms with Crippen LogP contribution in [0.4, 0.5) is 11.4 Å². The molecule has 1 aliphatic heterocycles. The number of aliphatic hydroxyl groups excluding tert-OH is 1. The Labute approximate surface area is 195 Å². The minimum Gasteiger partial charge on any atom is -0.454 e. The van der Waals surface area contributed by atoms with Crippen molar-refractivity contribution in [3.8, 4) is 11.5 Å². The van der Waals surface area contributed by atoms with Crippen LogP contribution in [0.1, 0.15) is 34.1 Å². The van der Waals surface area contributed by atoms with E-state index in [1.807, 2.05) is 24.3 Å². The number of ether oxygens (including phenoxy) is 2. The van der Waals surface area contributed by atoms with Crippen LogP contribution in [0.15, 0.2) is 64.1 Å². The van der Waals surface area contributed by atoms with Gasteiger partial charge < -0.3 is 24.3 Å². The van der Waals surface area contributed by atoms with E-state index in [9.17, 15) is 9.90 Å². The predicted octanol–water partition coefficient (Wildman–Crippen LogP) is 4.40. The molecule has 0 bridgehead atoms. The number of carbonyl (C=O) groups excluding carboxylic acids is 1. The molecule has 5 rings (SSSR count). The second-order valence-corrected chi connectivity index (χ2v) is 7.89. The maximum absolute atomic E-state index is 13.4. The number of carbonyl (C=O) groups is 1. The lowest BCUT2D eigenvalue weighted by atomic mass is 10.1. The van der Waals surface area contributed by atoms with Crippen molar-refractivity contribution in [2.45, 2.75) is 26.9 Å². The van der Waals surface area contributed by atoms with Gasteiger partial charge >= 0.3 is 0 Å². The molecule has 2 aromatic heterocycles. The van der Waals surface area contributed by atoms with Gasteiger partial charge in [0.1, 0.15) is 5.56 Å². The summed E-state index contributed by atoms with van der Waals surface area (Å²) in [6.07, 6.45) is 2.49. The molecule has 0 saturated carbocycles. The van der Waals surface area contributed by atoms with E-state index < -0.39 is 5.91 Å². The molecule has 0 saturated heterocycles. The largest absolute Gasteiger partial charge is 0.454 e. The molecule has 1 aliphatic rings. The van der Waals surface area contributed by atoms with Gasteiger partial charge in [-0.2, -0.15) is 0 Å². The summed E-state index contributed by atoms with van der Waals surface area (Å²) >= 11 is 0. The summed E-state index contributed by atoms with van der Waals surface area (Å²) in [5, 5.41) is 13.3. The lowest BCUT2D eigenvalue weighted by Gasteiger charge is -2.10. The smallest absolute Gasteiger partial charge is 0.261 e. The van der Waals surface area contributed by atoms with Crippen molar-refractivity contribution in [1.29, 1.82) is 0 Å². The summed E-state index contributed by atoms with van der Waals surface area (Å²) < 4.78 is 16.9. The summed E-state index contributed by atoms with van der Waals surface area (Å²) in [6.45, 7) is 3.79. The maximum Gasteiger partial charge on any atom is 0.261 e. The fourth-order valence-corrected chi connectivity index (χ4v) is 3.76. The minimum absolute atomic E-state index is 0.146. The standard InChI is InChI=1S/C26H23N3O5/c1-3-16-4-6-18(7-5-16)29-26-21(11-20-17(13-30)12-27-15(2)24(20)34-26)25(31)28-19-8-9-22-23(10-19)33-14-32-22/h4-12,30H,3,13-14H2,1-2H3,(H,28,31). The SMILES string of the molecule is CCc1ccc(N=c2oc3c(C)ncc(CO)c3cc2C(=O)Nc2ccc3c(c2)OCO3)cc1. The number of fused-ring (bicyclic) bond motifs is 2. The van der Waals surface area contributed by atoms with Crippen LogP contribution in [0.3, 0.4) is 0 Å². The summed E-state index contributed by atoms with van der Waals surface area (Å²) in [4.78, 5) is 22.3. The Morgan fingerprint density at radius 1 is 1.12 bits per heavy atom. The van der Waals surface area contributed by atoms with Crippen LogP contribution in [-0.2, 0) is 13.0 Å². The molecule has 3 heterocycles. The molecule has 8 heteroatoms. The van der Waals surface area contributed by atoms with Crippen LogP contribution < -0.4 is 20.3 Å². The first-order valence-electron chi connectivity index (χ1n) is 10.9. The maximum atomic E-state index is 13.4. The zero-order chi connectivity index (χ0) is 23.7. The molecule has 0 aliphatic carbocycles. The van der Waals surface area contributed by atoms with Gasteiger partial charge in [-0.3, -0.25) is 9.78 Å². The van der Waals surface area contributed by atoms with E-state index in [1.165, 1.54) is 5.56 Å². The Morgan fingerprint density at radius 3 is 2.68 bits per heavy atom. The number of amides is 1.